The zero-order chi connectivity index (χ0) is 10.1. The van der Waals surface area contributed by atoms with Crippen molar-refractivity contribution in [2.45, 2.75) is 18.4 Å². The number of hydrogen-bond acceptors (Lipinski definition) is 2. The lowest BCUT2D eigenvalue weighted by atomic mass is 10.1. The van der Waals surface area contributed by atoms with Gasteiger partial charge in [-0.3, -0.25) is 0 Å². The van der Waals surface area contributed by atoms with Crippen LogP contribution < -0.4 is 0 Å². The van der Waals surface area contributed by atoms with Crippen LogP contribution in [0.15, 0.2) is 30.3 Å². The molecule has 2 rings (SSSR count). The third-order valence-corrected chi connectivity index (χ3v) is 2.73. The second-order valence-electron chi connectivity index (χ2n) is 3.70. The zero-order valence-corrected chi connectivity index (χ0v) is 7.63. The van der Waals surface area contributed by atoms with Crippen LogP contribution in [0.2, 0.25) is 0 Å². The van der Waals surface area contributed by atoms with E-state index < -0.39 is 12.1 Å². The summed E-state index contributed by atoms with van der Waals surface area (Å²) in [5.74, 6) is -0.995. The van der Waals surface area contributed by atoms with Gasteiger partial charge in [-0.25, -0.2) is 4.79 Å². The largest absolute Gasteiger partial charge is 0.479 e. The van der Waals surface area contributed by atoms with Gasteiger partial charge >= 0.3 is 5.97 Å². The number of aliphatic hydroxyl groups excluding tert-OH is 1. The minimum absolute atomic E-state index is 0.102. The first-order valence-corrected chi connectivity index (χ1v) is 4.66. The smallest absolute Gasteiger partial charge is 0.332 e. The first-order chi connectivity index (χ1) is 6.70. The molecule has 1 saturated carbocycles. The van der Waals surface area contributed by atoms with Gasteiger partial charge in [0.05, 0.1) is 0 Å². The van der Waals surface area contributed by atoms with Crippen LogP contribution in [0.1, 0.15) is 17.9 Å². The molecule has 0 aliphatic heterocycles. The molecular formula is C11H12O3. The lowest BCUT2D eigenvalue weighted by molar-refractivity contribution is -0.147. The number of hydrogen-bond donors (Lipinski definition) is 2. The van der Waals surface area contributed by atoms with Crippen molar-refractivity contribution in [3.8, 4) is 0 Å². The average molecular weight is 192 g/mol. The fourth-order valence-electron chi connectivity index (χ4n) is 1.83. The van der Waals surface area contributed by atoms with E-state index in [-0.39, 0.29) is 11.8 Å². The minimum atomic E-state index is -1.21. The predicted molar refractivity (Wildman–Crippen MR) is 50.9 cm³/mol. The fraction of sp³-hybridized carbons (Fsp3) is 0.364. The highest BCUT2D eigenvalue weighted by Crippen LogP contribution is 2.49. The van der Waals surface area contributed by atoms with Crippen LogP contribution in [-0.2, 0) is 4.79 Å². The quantitative estimate of drug-likeness (QED) is 0.757. The average Bonchev–Trinajstić information content (AvgIpc) is 2.97. The van der Waals surface area contributed by atoms with Crippen molar-refractivity contribution in [1.82, 2.24) is 0 Å². The van der Waals surface area contributed by atoms with E-state index in [1.165, 1.54) is 0 Å². The van der Waals surface area contributed by atoms with Gasteiger partial charge < -0.3 is 10.2 Å². The number of rotatable bonds is 3. The Morgan fingerprint density at radius 2 is 2.00 bits per heavy atom. The molecule has 0 radical (unpaired) electrons. The Morgan fingerprint density at radius 1 is 1.36 bits per heavy atom. The summed E-state index contributed by atoms with van der Waals surface area (Å²) >= 11 is 0. The molecule has 14 heavy (non-hydrogen) atoms. The molecule has 0 bridgehead atoms. The summed E-state index contributed by atoms with van der Waals surface area (Å²) in [7, 11) is 0. The molecule has 0 heterocycles. The Balaban J connectivity index is 2.03. The first kappa shape index (κ1) is 9.21. The number of carboxylic acid groups (broad SMARTS) is 1. The van der Waals surface area contributed by atoms with Crippen LogP contribution in [-0.4, -0.2) is 22.3 Å². The first-order valence-electron chi connectivity index (χ1n) is 4.66. The topological polar surface area (TPSA) is 57.5 Å². The van der Waals surface area contributed by atoms with E-state index >= 15 is 0 Å². The lowest BCUT2D eigenvalue weighted by Gasteiger charge is -2.03. The molecule has 1 aliphatic carbocycles. The molecule has 3 unspecified atom stereocenters. The summed E-state index contributed by atoms with van der Waals surface area (Å²) in [5.41, 5.74) is 1.12. The Kier molecular flexibility index (Phi) is 2.25. The molecule has 74 valence electrons. The summed E-state index contributed by atoms with van der Waals surface area (Å²) < 4.78 is 0. The van der Waals surface area contributed by atoms with E-state index in [0.29, 0.717) is 0 Å². The summed E-state index contributed by atoms with van der Waals surface area (Å²) in [6, 6.07) is 9.72. The number of carbonyl (C=O) groups is 1. The monoisotopic (exact) mass is 192 g/mol. The lowest BCUT2D eigenvalue weighted by Crippen LogP contribution is -2.22. The molecule has 1 fully saturated rings. The highest BCUT2D eigenvalue weighted by atomic mass is 16.4. The van der Waals surface area contributed by atoms with Crippen molar-refractivity contribution in [3.63, 3.8) is 0 Å². The molecule has 0 aromatic heterocycles. The molecule has 0 saturated heterocycles. The summed E-state index contributed by atoms with van der Waals surface area (Å²) in [6.45, 7) is 0. The Hall–Kier alpha value is -1.35. The molecule has 3 nitrogen and oxygen atoms in total. The van der Waals surface area contributed by atoms with Gasteiger partial charge in [-0.05, 0) is 17.9 Å². The maximum absolute atomic E-state index is 10.5. The van der Waals surface area contributed by atoms with Crippen molar-refractivity contribution in [2.75, 3.05) is 0 Å². The molecule has 1 aromatic carbocycles. The van der Waals surface area contributed by atoms with Gasteiger partial charge in [-0.15, -0.1) is 0 Å². The molecule has 0 spiro atoms. The zero-order valence-electron chi connectivity index (χ0n) is 7.63. The van der Waals surface area contributed by atoms with Crippen LogP contribution in [0, 0.1) is 5.92 Å². The maximum Gasteiger partial charge on any atom is 0.332 e. The van der Waals surface area contributed by atoms with E-state index in [0.717, 1.165) is 12.0 Å². The molecular weight excluding hydrogens is 180 g/mol. The second kappa shape index (κ2) is 3.42. The van der Waals surface area contributed by atoms with Crippen molar-refractivity contribution < 1.29 is 15.0 Å². The predicted octanol–water partition coefficient (Wildman–Crippen LogP) is 1.24. The highest BCUT2D eigenvalue weighted by molar-refractivity contribution is 5.73. The van der Waals surface area contributed by atoms with Crippen molar-refractivity contribution in [1.29, 1.82) is 0 Å². The van der Waals surface area contributed by atoms with Crippen molar-refractivity contribution in [2.24, 2.45) is 5.92 Å². The van der Waals surface area contributed by atoms with Crippen LogP contribution in [0.25, 0.3) is 0 Å². The Morgan fingerprint density at radius 3 is 2.57 bits per heavy atom. The van der Waals surface area contributed by atoms with Gasteiger partial charge in [-0.1, -0.05) is 30.3 Å². The second-order valence-corrected chi connectivity index (χ2v) is 3.70. The summed E-state index contributed by atoms with van der Waals surface area (Å²) in [4.78, 5) is 10.5. The Labute approximate surface area is 82.0 Å². The Bertz CT molecular complexity index is 334. The van der Waals surface area contributed by atoms with Crippen molar-refractivity contribution >= 4 is 5.97 Å². The van der Waals surface area contributed by atoms with E-state index in [9.17, 15) is 9.90 Å². The van der Waals surface area contributed by atoms with Crippen LogP contribution in [0.3, 0.4) is 0 Å². The fourth-order valence-corrected chi connectivity index (χ4v) is 1.83. The van der Waals surface area contributed by atoms with Gasteiger partial charge in [0.2, 0.25) is 0 Å². The van der Waals surface area contributed by atoms with Crippen LogP contribution in [0.5, 0.6) is 0 Å². The molecule has 2 N–H and O–H groups in total. The maximum atomic E-state index is 10.5. The molecule has 1 aromatic rings. The highest BCUT2D eigenvalue weighted by Gasteiger charge is 2.46. The van der Waals surface area contributed by atoms with Gasteiger partial charge in [-0.2, -0.15) is 0 Å². The number of carboxylic acids is 1. The van der Waals surface area contributed by atoms with E-state index in [4.69, 9.17) is 5.11 Å². The van der Waals surface area contributed by atoms with Gasteiger partial charge in [0.15, 0.2) is 6.10 Å². The standard InChI is InChI=1S/C11H12O3/c12-10(11(13)14)9-6-8(9)7-4-2-1-3-5-7/h1-5,8-10,12H,6H2,(H,13,14). The minimum Gasteiger partial charge on any atom is -0.479 e. The molecule has 1 aliphatic rings. The van der Waals surface area contributed by atoms with E-state index in [1.54, 1.807) is 0 Å². The molecule has 0 amide bonds. The van der Waals surface area contributed by atoms with E-state index in [1.807, 2.05) is 30.3 Å². The normalized spacial score (nSPS) is 26.9. The summed E-state index contributed by atoms with van der Waals surface area (Å²) in [6.07, 6.45) is -0.433. The van der Waals surface area contributed by atoms with Gasteiger partial charge in [0.25, 0.3) is 0 Å². The van der Waals surface area contributed by atoms with Crippen molar-refractivity contribution in [3.05, 3.63) is 35.9 Å². The van der Waals surface area contributed by atoms with Gasteiger partial charge in [0, 0.05) is 5.92 Å². The van der Waals surface area contributed by atoms with Crippen LogP contribution >= 0.6 is 0 Å². The summed E-state index contributed by atoms with van der Waals surface area (Å²) in [5, 5.41) is 17.9. The number of aliphatic carboxylic acids is 1. The molecule has 3 atom stereocenters. The van der Waals surface area contributed by atoms with Gasteiger partial charge in [0.1, 0.15) is 0 Å². The third kappa shape index (κ3) is 1.63. The number of aliphatic hydroxyl groups is 1. The third-order valence-electron chi connectivity index (χ3n) is 2.73. The molecule has 3 heteroatoms. The SMILES string of the molecule is O=C(O)C(O)C1CC1c1ccccc1. The number of benzene rings is 1. The van der Waals surface area contributed by atoms with E-state index in [2.05, 4.69) is 0 Å². The van der Waals surface area contributed by atoms with Crippen LogP contribution in [0.4, 0.5) is 0 Å².